The van der Waals surface area contributed by atoms with Gasteiger partial charge < -0.3 is 10.2 Å². The summed E-state index contributed by atoms with van der Waals surface area (Å²) in [7, 11) is 0. The average Bonchev–Trinajstić information content (AvgIpc) is 3.13. The van der Waals surface area contributed by atoms with Gasteiger partial charge in [-0.25, -0.2) is 4.98 Å². The van der Waals surface area contributed by atoms with Gasteiger partial charge in [0, 0.05) is 44.0 Å². The first-order chi connectivity index (χ1) is 15.1. The second-order valence-corrected chi connectivity index (χ2v) is 7.95. The quantitative estimate of drug-likeness (QED) is 0.667. The summed E-state index contributed by atoms with van der Waals surface area (Å²) in [6.45, 7) is 7.76. The third-order valence-corrected chi connectivity index (χ3v) is 5.68. The van der Waals surface area contributed by atoms with Crippen molar-refractivity contribution >= 4 is 22.8 Å². The summed E-state index contributed by atoms with van der Waals surface area (Å²) in [5.74, 6) is 0.959. The van der Waals surface area contributed by atoms with Gasteiger partial charge in [0.25, 0.3) is 5.91 Å². The van der Waals surface area contributed by atoms with Crippen LogP contribution in [0.25, 0.3) is 16.7 Å². The van der Waals surface area contributed by atoms with Crippen LogP contribution in [0, 0.1) is 6.92 Å². The van der Waals surface area contributed by atoms with Crippen molar-refractivity contribution in [1.29, 1.82) is 0 Å². The number of carbonyl (C=O) groups is 2. The molecule has 1 aliphatic rings. The summed E-state index contributed by atoms with van der Waals surface area (Å²) in [6.07, 6.45) is 0.932. The van der Waals surface area contributed by atoms with E-state index in [0.29, 0.717) is 44.8 Å². The van der Waals surface area contributed by atoms with Crippen LogP contribution in [-0.4, -0.2) is 70.4 Å². The SMILES string of the molecule is CCCNC(=O)CN1CCN(C(=O)c2ccc3c(c2)nc(C)n3-c2ccccc2)CC1. The van der Waals surface area contributed by atoms with Gasteiger partial charge in [-0.15, -0.1) is 0 Å². The van der Waals surface area contributed by atoms with Gasteiger partial charge in [0.05, 0.1) is 17.6 Å². The molecule has 1 saturated heterocycles. The van der Waals surface area contributed by atoms with E-state index >= 15 is 0 Å². The maximum atomic E-state index is 13.1. The van der Waals surface area contributed by atoms with E-state index in [9.17, 15) is 9.59 Å². The summed E-state index contributed by atoms with van der Waals surface area (Å²) in [5, 5.41) is 2.90. The Bertz CT molecular complexity index is 1070. The van der Waals surface area contributed by atoms with E-state index in [-0.39, 0.29) is 11.8 Å². The molecule has 162 valence electrons. The highest BCUT2D eigenvalue weighted by Crippen LogP contribution is 2.23. The van der Waals surface area contributed by atoms with Crippen LogP contribution in [0.2, 0.25) is 0 Å². The van der Waals surface area contributed by atoms with Gasteiger partial charge in [0.15, 0.2) is 0 Å². The van der Waals surface area contributed by atoms with Crippen LogP contribution in [0.15, 0.2) is 48.5 Å². The maximum Gasteiger partial charge on any atom is 0.254 e. The van der Waals surface area contributed by atoms with Crippen LogP contribution in [0.1, 0.15) is 29.5 Å². The number of imidazole rings is 1. The summed E-state index contributed by atoms with van der Waals surface area (Å²) >= 11 is 0. The van der Waals surface area contributed by atoms with Gasteiger partial charge in [0.1, 0.15) is 5.82 Å². The maximum absolute atomic E-state index is 13.1. The van der Waals surface area contributed by atoms with Crippen molar-refractivity contribution in [3.05, 3.63) is 59.9 Å². The highest BCUT2D eigenvalue weighted by molar-refractivity contribution is 5.97. The van der Waals surface area contributed by atoms with Crippen LogP contribution >= 0.6 is 0 Å². The lowest BCUT2D eigenvalue weighted by Crippen LogP contribution is -2.51. The van der Waals surface area contributed by atoms with E-state index in [2.05, 4.69) is 31.9 Å². The fraction of sp³-hybridized carbons (Fsp3) is 0.375. The van der Waals surface area contributed by atoms with Gasteiger partial charge in [-0.2, -0.15) is 0 Å². The lowest BCUT2D eigenvalue weighted by molar-refractivity contribution is -0.122. The Morgan fingerprint density at radius 1 is 1.03 bits per heavy atom. The third-order valence-electron chi connectivity index (χ3n) is 5.68. The van der Waals surface area contributed by atoms with Crippen LogP contribution in [0.4, 0.5) is 0 Å². The fourth-order valence-corrected chi connectivity index (χ4v) is 4.05. The van der Waals surface area contributed by atoms with Crippen molar-refractivity contribution in [3.63, 3.8) is 0 Å². The minimum Gasteiger partial charge on any atom is -0.355 e. The molecule has 1 aliphatic heterocycles. The molecule has 7 nitrogen and oxygen atoms in total. The molecule has 1 aromatic heterocycles. The Hall–Kier alpha value is -3.19. The highest BCUT2D eigenvalue weighted by Gasteiger charge is 2.24. The number of carbonyl (C=O) groups excluding carboxylic acids is 2. The lowest BCUT2D eigenvalue weighted by atomic mass is 10.1. The monoisotopic (exact) mass is 419 g/mol. The van der Waals surface area contributed by atoms with Gasteiger partial charge in [-0.3, -0.25) is 19.1 Å². The molecule has 0 spiro atoms. The minimum atomic E-state index is 0.0175. The smallest absolute Gasteiger partial charge is 0.254 e. The molecule has 1 N–H and O–H groups in total. The Balaban J connectivity index is 1.44. The number of fused-ring (bicyclic) bond motifs is 1. The van der Waals surface area contributed by atoms with Crippen molar-refractivity contribution < 1.29 is 9.59 Å². The second kappa shape index (κ2) is 9.31. The van der Waals surface area contributed by atoms with Crippen molar-refractivity contribution in [1.82, 2.24) is 24.7 Å². The number of para-hydroxylation sites is 1. The van der Waals surface area contributed by atoms with E-state index in [0.717, 1.165) is 29.0 Å². The van der Waals surface area contributed by atoms with Crippen molar-refractivity contribution in [2.24, 2.45) is 0 Å². The molecule has 0 atom stereocenters. The molecule has 0 aliphatic carbocycles. The van der Waals surface area contributed by atoms with Crippen LogP contribution in [-0.2, 0) is 4.79 Å². The van der Waals surface area contributed by atoms with Crippen LogP contribution in [0.3, 0.4) is 0 Å². The first kappa shape index (κ1) is 21.1. The van der Waals surface area contributed by atoms with Crippen molar-refractivity contribution in [2.45, 2.75) is 20.3 Å². The number of hydrogen-bond donors (Lipinski definition) is 1. The van der Waals surface area contributed by atoms with Gasteiger partial charge in [0.2, 0.25) is 5.91 Å². The molecule has 0 radical (unpaired) electrons. The van der Waals surface area contributed by atoms with Crippen molar-refractivity contribution in [2.75, 3.05) is 39.3 Å². The number of benzene rings is 2. The average molecular weight is 420 g/mol. The molecule has 1 fully saturated rings. The van der Waals surface area contributed by atoms with Gasteiger partial charge in [-0.1, -0.05) is 25.1 Å². The molecule has 0 bridgehead atoms. The molecule has 7 heteroatoms. The summed E-state index contributed by atoms with van der Waals surface area (Å²) < 4.78 is 2.10. The number of aryl methyl sites for hydroxylation is 1. The van der Waals surface area contributed by atoms with Crippen LogP contribution < -0.4 is 5.32 Å². The van der Waals surface area contributed by atoms with Crippen molar-refractivity contribution in [3.8, 4) is 5.69 Å². The molecule has 2 heterocycles. The number of nitrogens with zero attached hydrogens (tertiary/aromatic N) is 4. The summed E-state index contributed by atoms with van der Waals surface area (Å²) in [5.41, 5.74) is 3.52. The molecule has 0 saturated carbocycles. The van der Waals surface area contributed by atoms with Gasteiger partial charge >= 0.3 is 0 Å². The van der Waals surface area contributed by atoms with Crippen LogP contribution in [0.5, 0.6) is 0 Å². The molecular formula is C24H29N5O2. The molecule has 0 unspecified atom stereocenters. The molecule has 31 heavy (non-hydrogen) atoms. The van der Waals surface area contributed by atoms with E-state index < -0.39 is 0 Å². The van der Waals surface area contributed by atoms with E-state index in [1.165, 1.54) is 0 Å². The topological polar surface area (TPSA) is 70.5 Å². The van der Waals surface area contributed by atoms with Gasteiger partial charge in [-0.05, 0) is 43.7 Å². The first-order valence-corrected chi connectivity index (χ1v) is 10.9. The fourth-order valence-electron chi connectivity index (χ4n) is 4.05. The predicted octanol–water partition coefficient (Wildman–Crippen LogP) is 2.62. The summed E-state index contributed by atoms with van der Waals surface area (Å²) in [6, 6.07) is 15.8. The Morgan fingerprint density at radius 2 is 1.77 bits per heavy atom. The predicted molar refractivity (Wildman–Crippen MR) is 121 cm³/mol. The minimum absolute atomic E-state index is 0.0175. The van der Waals surface area contributed by atoms with E-state index in [1.807, 2.05) is 55.1 Å². The molecule has 2 aromatic carbocycles. The second-order valence-electron chi connectivity index (χ2n) is 7.95. The standard InChI is InChI=1S/C24H29N5O2/c1-3-11-25-23(30)17-27-12-14-28(15-13-27)24(31)19-9-10-22-21(16-19)26-18(2)29(22)20-7-5-4-6-8-20/h4-10,16H,3,11-15,17H2,1-2H3,(H,25,30). The molecule has 3 aromatic rings. The molecule has 2 amide bonds. The Morgan fingerprint density at radius 3 is 2.48 bits per heavy atom. The normalized spacial score (nSPS) is 14.7. The van der Waals surface area contributed by atoms with E-state index in [1.54, 1.807) is 0 Å². The zero-order valence-electron chi connectivity index (χ0n) is 18.2. The highest BCUT2D eigenvalue weighted by atomic mass is 16.2. The van der Waals surface area contributed by atoms with E-state index in [4.69, 9.17) is 0 Å². The zero-order chi connectivity index (χ0) is 21.8. The largest absolute Gasteiger partial charge is 0.355 e. The number of aromatic nitrogens is 2. The number of hydrogen-bond acceptors (Lipinski definition) is 4. The first-order valence-electron chi connectivity index (χ1n) is 10.9. The zero-order valence-corrected chi connectivity index (χ0v) is 18.2. The number of nitrogens with one attached hydrogen (secondary N) is 1. The molecule has 4 rings (SSSR count). The number of rotatable bonds is 6. The molecular weight excluding hydrogens is 390 g/mol. The summed E-state index contributed by atoms with van der Waals surface area (Å²) in [4.78, 5) is 33.6. The number of piperazine rings is 1. The Kier molecular flexibility index (Phi) is 6.32. The third kappa shape index (κ3) is 4.61. The number of amides is 2. The Labute approximate surface area is 182 Å². The lowest BCUT2D eigenvalue weighted by Gasteiger charge is -2.34.